The number of carbonyl (C=O) groups excluding carboxylic acids is 1. The lowest BCUT2D eigenvalue weighted by Gasteiger charge is -2.10. The predicted molar refractivity (Wildman–Crippen MR) is 96.8 cm³/mol. The van der Waals surface area contributed by atoms with Crippen molar-refractivity contribution in [2.24, 2.45) is 0 Å². The van der Waals surface area contributed by atoms with Gasteiger partial charge in [0.05, 0.1) is 41.5 Å². The first-order valence-corrected chi connectivity index (χ1v) is 9.12. The highest BCUT2D eigenvalue weighted by atomic mass is 35.5. The summed E-state index contributed by atoms with van der Waals surface area (Å²) in [5.74, 6) is 0. The second kappa shape index (κ2) is 8.31. The molecule has 10 heteroatoms. The van der Waals surface area contributed by atoms with Crippen molar-refractivity contribution in [3.63, 3.8) is 0 Å². The number of aliphatic hydroxyl groups is 1. The summed E-state index contributed by atoms with van der Waals surface area (Å²) in [6.45, 7) is 1.53. The number of anilines is 1. The number of hydroxylamine groups is 2. The van der Waals surface area contributed by atoms with E-state index in [-0.39, 0.29) is 6.03 Å². The van der Waals surface area contributed by atoms with Crippen LogP contribution in [-0.2, 0) is 17.9 Å². The van der Waals surface area contributed by atoms with Gasteiger partial charge in [-0.15, -0.1) is 11.3 Å². The first-order chi connectivity index (χ1) is 12.0. The number of β-amino-alcohol motifs (C(OH)–C–C–N with tert-alkyl or cyclic N) is 1. The van der Waals surface area contributed by atoms with Crippen LogP contribution in [0.25, 0.3) is 0 Å². The van der Waals surface area contributed by atoms with Gasteiger partial charge < -0.3 is 10.4 Å². The Hall–Kier alpha value is -1.42. The molecule has 1 aromatic carbocycles. The quantitative estimate of drug-likeness (QED) is 0.715. The number of nitrogens with one attached hydrogen (secondary N) is 2. The van der Waals surface area contributed by atoms with Crippen LogP contribution >= 0.6 is 34.5 Å². The van der Waals surface area contributed by atoms with Gasteiger partial charge in [0.25, 0.3) is 0 Å². The molecule has 134 valence electrons. The summed E-state index contributed by atoms with van der Waals surface area (Å²) in [5, 5.41) is 19.7. The molecular weight excluding hydrogens is 387 g/mol. The Morgan fingerprint density at radius 3 is 3.00 bits per heavy atom. The maximum atomic E-state index is 12.0. The van der Waals surface area contributed by atoms with Gasteiger partial charge in [-0.25, -0.2) is 9.78 Å². The predicted octanol–water partition coefficient (Wildman–Crippen LogP) is 2.88. The van der Waals surface area contributed by atoms with E-state index < -0.39 is 6.10 Å². The van der Waals surface area contributed by atoms with Gasteiger partial charge in [-0.1, -0.05) is 29.3 Å². The number of thiazole rings is 1. The van der Waals surface area contributed by atoms with Crippen LogP contribution in [0, 0.1) is 0 Å². The van der Waals surface area contributed by atoms with E-state index in [0.29, 0.717) is 41.4 Å². The van der Waals surface area contributed by atoms with Crippen LogP contribution in [0.1, 0.15) is 11.3 Å². The molecule has 2 aromatic rings. The zero-order valence-electron chi connectivity index (χ0n) is 13.0. The molecule has 1 atom stereocenters. The van der Waals surface area contributed by atoms with Crippen LogP contribution in [0.15, 0.2) is 23.6 Å². The average Bonchev–Trinajstić information content (AvgIpc) is 3.18. The number of carbonyl (C=O) groups is 1. The smallest absolute Gasteiger partial charge is 0.321 e. The Kier molecular flexibility index (Phi) is 6.10. The zero-order valence-corrected chi connectivity index (χ0v) is 15.4. The molecule has 7 nitrogen and oxygen atoms in total. The molecule has 0 aliphatic carbocycles. The molecule has 0 bridgehead atoms. The fraction of sp³-hybridized carbons (Fsp3) is 0.333. The Balaban J connectivity index is 1.47. The van der Waals surface area contributed by atoms with Crippen LogP contribution in [-0.4, -0.2) is 40.4 Å². The lowest BCUT2D eigenvalue weighted by Crippen LogP contribution is -2.28. The van der Waals surface area contributed by atoms with Crippen LogP contribution in [0.3, 0.4) is 0 Å². The van der Waals surface area contributed by atoms with E-state index in [1.807, 2.05) is 5.38 Å². The fourth-order valence-electron chi connectivity index (χ4n) is 2.23. The van der Waals surface area contributed by atoms with Crippen molar-refractivity contribution in [2.75, 3.05) is 18.5 Å². The highest BCUT2D eigenvalue weighted by molar-refractivity contribution is 7.13. The Bertz CT molecular complexity index is 758. The summed E-state index contributed by atoms with van der Waals surface area (Å²) in [6, 6.07) is 4.82. The van der Waals surface area contributed by atoms with E-state index in [1.165, 1.54) is 11.3 Å². The number of amides is 2. The van der Waals surface area contributed by atoms with E-state index in [2.05, 4.69) is 15.6 Å². The third kappa shape index (κ3) is 5.27. The Morgan fingerprint density at radius 1 is 1.44 bits per heavy atom. The van der Waals surface area contributed by atoms with E-state index >= 15 is 0 Å². The van der Waals surface area contributed by atoms with Gasteiger partial charge in [0.15, 0.2) is 5.13 Å². The highest BCUT2D eigenvalue weighted by Crippen LogP contribution is 2.22. The number of rotatable bonds is 5. The molecule has 1 unspecified atom stereocenters. The third-order valence-corrected chi connectivity index (χ3v) is 4.96. The largest absolute Gasteiger partial charge is 0.389 e. The van der Waals surface area contributed by atoms with Crippen LogP contribution in [0.2, 0.25) is 10.0 Å². The van der Waals surface area contributed by atoms with Gasteiger partial charge in [0, 0.05) is 11.9 Å². The van der Waals surface area contributed by atoms with Crippen LogP contribution in [0.4, 0.5) is 9.93 Å². The molecular formula is C15H16Cl2N4O3S. The first kappa shape index (κ1) is 18.4. The van der Waals surface area contributed by atoms with Crippen LogP contribution < -0.4 is 10.6 Å². The molecule has 1 saturated heterocycles. The number of aromatic nitrogens is 1. The molecule has 3 rings (SSSR count). The monoisotopic (exact) mass is 402 g/mol. The molecule has 0 spiro atoms. The van der Waals surface area contributed by atoms with Crippen molar-refractivity contribution in [1.29, 1.82) is 0 Å². The summed E-state index contributed by atoms with van der Waals surface area (Å²) in [4.78, 5) is 21.6. The molecule has 1 fully saturated rings. The molecule has 2 amide bonds. The molecule has 1 aliphatic rings. The van der Waals surface area contributed by atoms with Gasteiger partial charge >= 0.3 is 6.03 Å². The highest BCUT2D eigenvalue weighted by Gasteiger charge is 2.22. The van der Waals surface area contributed by atoms with Gasteiger partial charge in [-0.2, -0.15) is 5.06 Å². The first-order valence-electron chi connectivity index (χ1n) is 7.48. The van der Waals surface area contributed by atoms with Crippen molar-refractivity contribution < 1.29 is 14.7 Å². The fourth-order valence-corrected chi connectivity index (χ4v) is 3.25. The summed E-state index contributed by atoms with van der Waals surface area (Å²) >= 11 is 13.1. The number of hydrogen-bond acceptors (Lipinski definition) is 6. The topological polar surface area (TPSA) is 86.7 Å². The number of halogens is 2. The maximum Gasteiger partial charge on any atom is 0.321 e. The van der Waals surface area contributed by atoms with Crippen LogP contribution in [0.5, 0.6) is 0 Å². The van der Waals surface area contributed by atoms with E-state index in [0.717, 1.165) is 11.3 Å². The summed E-state index contributed by atoms with van der Waals surface area (Å²) in [7, 11) is 0. The molecule has 0 radical (unpaired) electrons. The lowest BCUT2D eigenvalue weighted by molar-refractivity contribution is -0.118. The van der Waals surface area contributed by atoms with Gasteiger partial charge in [0.1, 0.15) is 0 Å². The van der Waals surface area contributed by atoms with E-state index in [4.69, 9.17) is 28.0 Å². The summed E-state index contributed by atoms with van der Waals surface area (Å²) in [6.07, 6.45) is -0.469. The van der Waals surface area contributed by atoms with Gasteiger partial charge in [-0.05, 0) is 17.7 Å². The van der Waals surface area contributed by atoms with Crippen molar-refractivity contribution in [3.8, 4) is 0 Å². The van der Waals surface area contributed by atoms with Crippen molar-refractivity contribution in [2.45, 2.75) is 19.2 Å². The molecule has 1 aliphatic heterocycles. The van der Waals surface area contributed by atoms with Crippen molar-refractivity contribution in [1.82, 2.24) is 15.4 Å². The molecule has 1 aromatic heterocycles. The second-order valence-corrected chi connectivity index (χ2v) is 7.14. The molecule has 3 N–H and O–H groups in total. The number of benzene rings is 1. The third-order valence-electron chi connectivity index (χ3n) is 3.41. The lowest BCUT2D eigenvalue weighted by atomic mass is 10.2. The van der Waals surface area contributed by atoms with Gasteiger partial charge in [-0.3, -0.25) is 10.2 Å². The number of aliphatic hydroxyl groups excluding tert-OH is 1. The molecule has 2 heterocycles. The summed E-state index contributed by atoms with van der Waals surface area (Å²) < 4.78 is 0. The Labute approximate surface area is 158 Å². The number of nitrogens with zero attached hydrogens (tertiary/aromatic N) is 2. The molecule has 25 heavy (non-hydrogen) atoms. The zero-order chi connectivity index (χ0) is 17.8. The van der Waals surface area contributed by atoms with Crippen molar-refractivity contribution in [3.05, 3.63) is 44.9 Å². The van der Waals surface area contributed by atoms with Gasteiger partial charge in [0.2, 0.25) is 0 Å². The van der Waals surface area contributed by atoms with Crippen molar-refractivity contribution >= 4 is 45.7 Å². The second-order valence-electron chi connectivity index (χ2n) is 5.47. The number of hydrogen-bond donors (Lipinski definition) is 3. The average molecular weight is 403 g/mol. The van der Waals surface area contributed by atoms with E-state index in [9.17, 15) is 9.90 Å². The normalized spacial score (nSPS) is 17.6. The summed E-state index contributed by atoms with van der Waals surface area (Å²) in [5.41, 5.74) is 1.60. The Morgan fingerprint density at radius 2 is 2.28 bits per heavy atom. The minimum Gasteiger partial charge on any atom is -0.389 e. The maximum absolute atomic E-state index is 12.0. The molecule has 0 saturated carbocycles. The minimum atomic E-state index is -0.469. The number of urea groups is 1. The standard InChI is InChI=1S/C15H16Cl2N4O3S/c16-12-2-1-9(3-13(12)17)4-18-14(23)20-15-19-10(8-25-15)5-21-6-11(22)7-24-21/h1-3,8,11,22H,4-7H2,(H2,18,19,20,23). The SMILES string of the molecule is O=C(NCc1ccc(Cl)c(Cl)c1)Nc1nc(CN2CC(O)CO2)cs1. The van der Waals surface area contributed by atoms with E-state index in [1.54, 1.807) is 23.3 Å². The minimum absolute atomic E-state index is 0.298.